The van der Waals surface area contributed by atoms with Crippen molar-refractivity contribution in [3.63, 3.8) is 0 Å². The van der Waals surface area contributed by atoms with E-state index in [4.69, 9.17) is 0 Å². The monoisotopic (exact) mass is 672 g/mol. The van der Waals surface area contributed by atoms with Crippen molar-refractivity contribution in [3.8, 4) is 20.9 Å². The number of rotatable bonds is 14. The van der Waals surface area contributed by atoms with Gasteiger partial charge >= 0.3 is 0 Å². The third-order valence-corrected chi connectivity index (χ3v) is 13.9. The first kappa shape index (κ1) is 31.2. The quantitative estimate of drug-likeness (QED) is 0.115. The first-order valence-electron chi connectivity index (χ1n) is 15.6. The molecule has 2 nitrogen and oxygen atoms in total. The number of nitrogens with zero attached hydrogens (tertiary/aromatic N) is 2. The van der Waals surface area contributed by atoms with E-state index < -0.39 is 11.6 Å². The van der Waals surface area contributed by atoms with E-state index in [1.54, 1.807) is 22.7 Å². The SMILES string of the molecule is CCCCC(CC)Cc1cc2sc(-c3c(F)c(F)c(-c4cc5sc(CC(CC)CCCC)cc5s4)c4nsnc34)cc2s1. The van der Waals surface area contributed by atoms with Gasteiger partial charge in [0.15, 0.2) is 11.6 Å². The van der Waals surface area contributed by atoms with Gasteiger partial charge in [-0.1, -0.05) is 79.1 Å². The Bertz CT molecular complexity index is 1640. The van der Waals surface area contributed by atoms with Crippen molar-refractivity contribution in [1.29, 1.82) is 0 Å². The molecule has 43 heavy (non-hydrogen) atoms. The first-order valence-corrected chi connectivity index (χ1v) is 19.6. The highest BCUT2D eigenvalue weighted by atomic mass is 32.1. The smallest absolute Gasteiger partial charge is 0.170 e. The Balaban J connectivity index is 1.30. The number of benzene rings is 1. The zero-order valence-corrected chi connectivity index (χ0v) is 29.3. The number of unbranched alkanes of at least 4 members (excludes halogenated alkanes) is 2. The van der Waals surface area contributed by atoms with Crippen LogP contribution in [0, 0.1) is 23.5 Å². The van der Waals surface area contributed by atoms with E-state index in [0.29, 0.717) is 22.9 Å². The normalized spacial score (nSPS) is 13.6. The average Bonchev–Trinajstić information content (AvgIpc) is 3.81. The Kier molecular flexibility index (Phi) is 9.94. The highest BCUT2D eigenvalue weighted by Gasteiger charge is 2.27. The summed E-state index contributed by atoms with van der Waals surface area (Å²) in [6.45, 7) is 9.04. The molecule has 1 aromatic carbocycles. The highest BCUT2D eigenvalue weighted by Crippen LogP contribution is 2.47. The van der Waals surface area contributed by atoms with Crippen LogP contribution in [0.1, 0.15) is 88.8 Å². The standard InChI is InChI=1S/C34H38F2N2S5/c1-5-9-11-19(7-3)13-21-15-23-25(39-21)17-27(41-23)29-31(35)32(36)30(34-33(29)37-43-38-34)28-18-26-24(42-28)16-22(40-26)14-20(8-4)12-10-6-2/h15-20H,5-14H2,1-4H3. The van der Waals surface area contributed by atoms with E-state index in [2.05, 4.69) is 48.6 Å². The summed E-state index contributed by atoms with van der Waals surface area (Å²) in [6.07, 6.45) is 12.1. The van der Waals surface area contributed by atoms with E-state index in [-0.39, 0.29) is 11.1 Å². The lowest BCUT2D eigenvalue weighted by Gasteiger charge is -2.12. The van der Waals surface area contributed by atoms with Gasteiger partial charge in [0.05, 0.1) is 22.9 Å². The number of thiophene rings is 4. The Labute approximate surface area is 273 Å². The van der Waals surface area contributed by atoms with Crippen LogP contribution in [-0.2, 0) is 12.8 Å². The summed E-state index contributed by atoms with van der Waals surface area (Å²) < 4.78 is 45.5. The van der Waals surface area contributed by atoms with Gasteiger partial charge < -0.3 is 0 Å². The molecule has 0 N–H and O–H groups in total. The van der Waals surface area contributed by atoms with Crippen molar-refractivity contribution < 1.29 is 8.78 Å². The third kappa shape index (κ3) is 6.35. The maximum atomic E-state index is 16.0. The molecule has 228 valence electrons. The predicted molar refractivity (Wildman–Crippen MR) is 189 cm³/mol. The molecular weight excluding hydrogens is 635 g/mol. The summed E-state index contributed by atoms with van der Waals surface area (Å²) >= 11 is 7.65. The topological polar surface area (TPSA) is 25.8 Å². The van der Waals surface area contributed by atoms with Gasteiger partial charge in [0.2, 0.25) is 0 Å². The van der Waals surface area contributed by atoms with Gasteiger partial charge in [-0.05, 0) is 48.9 Å². The summed E-state index contributed by atoms with van der Waals surface area (Å²) in [7, 11) is 0. The van der Waals surface area contributed by atoms with Crippen LogP contribution in [0.15, 0.2) is 24.3 Å². The van der Waals surface area contributed by atoms with Crippen LogP contribution in [0.4, 0.5) is 8.78 Å². The molecule has 0 bridgehead atoms. The largest absolute Gasteiger partial charge is 0.203 e. The second-order valence-corrected chi connectivity index (χ2v) is 16.7. The van der Waals surface area contributed by atoms with Crippen LogP contribution in [-0.4, -0.2) is 8.75 Å². The Hall–Kier alpha value is -1.78. The zero-order chi connectivity index (χ0) is 30.1. The van der Waals surface area contributed by atoms with Crippen LogP contribution in [0.25, 0.3) is 50.7 Å². The first-order chi connectivity index (χ1) is 20.9. The van der Waals surface area contributed by atoms with Gasteiger partial charge in [-0.25, -0.2) is 8.78 Å². The predicted octanol–water partition coefficient (Wildman–Crippen LogP) is 13.4. The molecule has 0 saturated heterocycles. The lowest BCUT2D eigenvalue weighted by atomic mass is 9.95. The molecule has 2 unspecified atom stereocenters. The van der Waals surface area contributed by atoms with Crippen molar-refractivity contribution in [2.45, 2.75) is 91.9 Å². The Morgan fingerprint density at radius 3 is 1.40 bits per heavy atom. The summed E-state index contributed by atoms with van der Waals surface area (Å²) in [5.74, 6) is -0.251. The van der Waals surface area contributed by atoms with E-state index >= 15 is 8.78 Å². The molecular formula is C34H38F2N2S5. The van der Waals surface area contributed by atoms with Crippen molar-refractivity contribution in [2.75, 3.05) is 0 Å². The van der Waals surface area contributed by atoms with Crippen LogP contribution < -0.4 is 0 Å². The van der Waals surface area contributed by atoms with Gasteiger partial charge in [-0.2, -0.15) is 8.75 Å². The Morgan fingerprint density at radius 2 is 1.02 bits per heavy atom. The minimum absolute atomic E-state index is 0.243. The Morgan fingerprint density at radius 1 is 0.605 bits per heavy atom. The molecule has 2 atom stereocenters. The molecule has 0 aliphatic carbocycles. The minimum Gasteiger partial charge on any atom is -0.203 e. The zero-order valence-electron chi connectivity index (χ0n) is 25.2. The highest BCUT2D eigenvalue weighted by molar-refractivity contribution is 7.30. The second-order valence-electron chi connectivity index (χ2n) is 11.7. The number of fused-ring (bicyclic) bond motifs is 3. The third-order valence-electron chi connectivity index (χ3n) is 8.67. The number of hydrogen-bond donors (Lipinski definition) is 0. The maximum absolute atomic E-state index is 16.0. The van der Waals surface area contributed by atoms with E-state index in [9.17, 15) is 0 Å². The van der Waals surface area contributed by atoms with Crippen LogP contribution in [0.5, 0.6) is 0 Å². The number of halogens is 2. The molecule has 0 fully saturated rings. The van der Waals surface area contributed by atoms with Crippen molar-refractivity contribution in [3.05, 3.63) is 45.7 Å². The van der Waals surface area contributed by atoms with Gasteiger partial charge in [0, 0.05) is 38.3 Å². The molecule has 0 spiro atoms. The molecule has 0 aliphatic heterocycles. The molecule has 6 aromatic rings. The fourth-order valence-electron chi connectivity index (χ4n) is 6.07. The average molecular weight is 673 g/mol. The summed E-state index contributed by atoms with van der Waals surface area (Å²) in [5, 5.41) is 0. The van der Waals surface area contributed by atoms with Gasteiger partial charge in [-0.15, -0.1) is 45.3 Å². The van der Waals surface area contributed by atoms with E-state index in [1.165, 1.54) is 83.8 Å². The van der Waals surface area contributed by atoms with Crippen LogP contribution in [0.3, 0.4) is 0 Å². The summed E-state index contributed by atoms with van der Waals surface area (Å²) in [6, 6.07) is 8.54. The molecule has 9 heteroatoms. The van der Waals surface area contributed by atoms with E-state index in [0.717, 1.165) is 53.1 Å². The molecule has 5 heterocycles. The molecule has 0 amide bonds. The summed E-state index contributed by atoms with van der Waals surface area (Å²) in [5.41, 5.74) is 1.40. The fourth-order valence-corrected chi connectivity index (χ4v) is 11.8. The summed E-state index contributed by atoms with van der Waals surface area (Å²) in [4.78, 5) is 4.20. The lowest BCUT2D eigenvalue weighted by molar-refractivity contribution is 0.452. The maximum Gasteiger partial charge on any atom is 0.170 e. The van der Waals surface area contributed by atoms with Crippen molar-refractivity contribution >= 4 is 86.9 Å². The van der Waals surface area contributed by atoms with Gasteiger partial charge in [-0.3, -0.25) is 0 Å². The van der Waals surface area contributed by atoms with E-state index in [1.807, 2.05) is 12.1 Å². The van der Waals surface area contributed by atoms with Gasteiger partial charge in [0.25, 0.3) is 0 Å². The lowest BCUT2D eigenvalue weighted by Crippen LogP contribution is -2.01. The molecule has 0 radical (unpaired) electrons. The van der Waals surface area contributed by atoms with Gasteiger partial charge in [0.1, 0.15) is 11.0 Å². The second kappa shape index (κ2) is 13.7. The van der Waals surface area contributed by atoms with Crippen LogP contribution in [0.2, 0.25) is 0 Å². The number of aromatic nitrogens is 2. The number of hydrogen-bond acceptors (Lipinski definition) is 7. The van der Waals surface area contributed by atoms with Crippen molar-refractivity contribution in [1.82, 2.24) is 8.75 Å². The molecule has 5 aromatic heterocycles. The molecule has 0 aliphatic rings. The molecule has 6 rings (SSSR count). The fraction of sp³-hybridized carbons (Fsp3) is 0.471. The van der Waals surface area contributed by atoms with Crippen LogP contribution >= 0.6 is 57.1 Å². The molecule has 0 saturated carbocycles. The minimum atomic E-state index is -0.825. The van der Waals surface area contributed by atoms with Crippen molar-refractivity contribution in [2.24, 2.45) is 11.8 Å².